The summed E-state index contributed by atoms with van der Waals surface area (Å²) in [5.74, 6) is 3.37. The van der Waals surface area contributed by atoms with Gasteiger partial charge in [0.1, 0.15) is 11.6 Å². The van der Waals surface area contributed by atoms with Gasteiger partial charge >= 0.3 is 0 Å². The lowest BCUT2D eigenvalue weighted by Gasteiger charge is -2.38. The molecule has 2 saturated heterocycles. The highest BCUT2D eigenvalue weighted by molar-refractivity contribution is 5.86. The normalized spacial score (nSPS) is 18.9. The summed E-state index contributed by atoms with van der Waals surface area (Å²) in [7, 11) is 2.06. The van der Waals surface area contributed by atoms with Crippen molar-refractivity contribution >= 4 is 28.0 Å². The standard InChI is InChI=1S/C26H34N8O2/c1-18-27-19-7-5-6-8-20(19)34(18)25-29-23-22(24(30-25)33-12-14-35-15-13-33)28-21(31(23)4)9-10-32-11-16-36-26(2,3)17-32/h5-8H,9-17H2,1-4H3. The van der Waals surface area contributed by atoms with Gasteiger partial charge in [0.25, 0.3) is 0 Å². The average molecular weight is 491 g/mol. The Morgan fingerprint density at radius 2 is 1.78 bits per heavy atom. The molecule has 6 rings (SSSR count). The highest BCUT2D eigenvalue weighted by Crippen LogP contribution is 2.28. The van der Waals surface area contributed by atoms with Gasteiger partial charge in [0.05, 0.1) is 36.5 Å². The zero-order valence-corrected chi connectivity index (χ0v) is 21.6. The van der Waals surface area contributed by atoms with E-state index in [9.17, 15) is 0 Å². The third-order valence-electron chi connectivity index (χ3n) is 7.18. The number of fused-ring (bicyclic) bond motifs is 2. The van der Waals surface area contributed by atoms with Crippen molar-refractivity contribution in [1.29, 1.82) is 0 Å². The van der Waals surface area contributed by atoms with Crippen molar-refractivity contribution in [2.45, 2.75) is 32.8 Å². The van der Waals surface area contributed by atoms with Crippen LogP contribution in [-0.2, 0) is 22.9 Å². The molecule has 0 atom stereocenters. The number of ether oxygens (including phenoxy) is 2. The lowest BCUT2D eigenvalue weighted by atomic mass is 10.1. The van der Waals surface area contributed by atoms with E-state index in [1.54, 1.807) is 0 Å². The summed E-state index contributed by atoms with van der Waals surface area (Å²) in [6, 6.07) is 8.12. The topological polar surface area (TPSA) is 86.4 Å². The molecule has 3 aromatic heterocycles. The van der Waals surface area contributed by atoms with Gasteiger partial charge in [-0.05, 0) is 32.9 Å². The first-order valence-corrected chi connectivity index (χ1v) is 12.8. The van der Waals surface area contributed by atoms with Crippen LogP contribution in [0, 0.1) is 6.92 Å². The quantitative estimate of drug-likeness (QED) is 0.422. The first-order chi connectivity index (χ1) is 17.4. The molecule has 4 aromatic rings. The van der Waals surface area contributed by atoms with Gasteiger partial charge < -0.3 is 18.9 Å². The maximum absolute atomic E-state index is 5.89. The maximum atomic E-state index is 5.89. The van der Waals surface area contributed by atoms with Crippen molar-refractivity contribution in [3.8, 4) is 5.95 Å². The molecule has 0 bridgehead atoms. The van der Waals surface area contributed by atoms with Crippen molar-refractivity contribution in [3.05, 3.63) is 35.9 Å². The molecular weight excluding hydrogens is 456 g/mol. The van der Waals surface area contributed by atoms with Crippen molar-refractivity contribution in [2.75, 3.05) is 57.4 Å². The molecule has 0 aliphatic carbocycles. The number of nitrogens with zero attached hydrogens (tertiary/aromatic N) is 8. The number of imidazole rings is 2. The van der Waals surface area contributed by atoms with Gasteiger partial charge in [0.2, 0.25) is 5.95 Å². The van der Waals surface area contributed by atoms with Crippen molar-refractivity contribution in [1.82, 2.24) is 34.0 Å². The van der Waals surface area contributed by atoms with Crippen LogP contribution in [0.2, 0.25) is 0 Å². The van der Waals surface area contributed by atoms with Gasteiger partial charge in [0.15, 0.2) is 17.0 Å². The summed E-state index contributed by atoms with van der Waals surface area (Å²) in [6.45, 7) is 12.8. The highest BCUT2D eigenvalue weighted by Gasteiger charge is 2.28. The number of rotatable bonds is 5. The van der Waals surface area contributed by atoms with E-state index >= 15 is 0 Å². The minimum absolute atomic E-state index is 0.111. The maximum Gasteiger partial charge on any atom is 0.239 e. The second kappa shape index (κ2) is 9.10. The van der Waals surface area contributed by atoms with E-state index in [1.165, 1.54) is 0 Å². The molecule has 0 N–H and O–H groups in total. The van der Waals surface area contributed by atoms with Crippen molar-refractivity contribution < 1.29 is 9.47 Å². The predicted molar refractivity (Wildman–Crippen MR) is 139 cm³/mol. The van der Waals surface area contributed by atoms with Crippen LogP contribution >= 0.6 is 0 Å². The number of para-hydroxylation sites is 2. The number of morpholine rings is 2. The van der Waals surface area contributed by atoms with E-state index in [1.807, 2.05) is 29.7 Å². The lowest BCUT2D eigenvalue weighted by Crippen LogP contribution is -2.48. The summed E-state index contributed by atoms with van der Waals surface area (Å²) in [4.78, 5) is 24.7. The minimum Gasteiger partial charge on any atom is -0.378 e. The van der Waals surface area contributed by atoms with Crippen LogP contribution in [0.4, 0.5) is 5.82 Å². The fraction of sp³-hybridized carbons (Fsp3) is 0.538. The molecule has 10 heteroatoms. The molecular formula is C26H34N8O2. The fourth-order valence-corrected chi connectivity index (χ4v) is 5.36. The SMILES string of the molecule is Cc1nc2ccccc2n1-c1nc(N2CCOCC2)c2nc(CCN3CCOC(C)(C)C3)n(C)c2n1. The Bertz CT molecular complexity index is 1400. The summed E-state index contributed by atoms with van der Waals surface area (Å²) >= 11 is 0. The Labute approximate surface area is 210 Å². The van der Waals surface area contributed by atoms with Gasteiger partial charge in [-0.1, -0.05) is 12.1 Å². The monoisotopic (exact) mass is 490 g/mol. The van der Waals surface area contributed by atoms with Crippen molar-refractivity contribution in [3.63, 3.8) is 0 Å². The largest absolute Gasteiger partial charge is 0.378 e. The van der Waals surface area contributed by atoms with Crippen LogP contribution in [0.3, 0.4) is 0 Å². The number of benzene rings is 1. The molecule has 2 aliphatic rings. The van der Waals surface area contributed by atoms with Gasteiger partial charge in [0, 0.05) is 46.2 Å². The molecule has 0 amide bonds. The third-order valence-corrected chi connectivity index (χ3v) is 7.18. The first-order valence-electron chi connectivity index (χ1n) is 12.8. The van der Waals surface area contributed by atoms with E-state index < -0.39 is 0 Å². The molecule has 2 fully saturated rings. The van der Waals surface area contributed by atoms with Gasteiger partial charge in [-0.2, -0.15) is 9.97 Å². The van der Waals surface area contributed by atoms with Gasteiger partial charge in [-0.25, -0.2) is 9.97 Å². The molecule has 0 radical (unpaired) electrons. The Morgan fingerprint density at radius 1 is 0.972 bits per heavy atom. The molecule has 0 spiro atoms. The number of aryl methyl sites for hydroxylation is 2. The lowest BCUT2D eigenvalue weighted by molar-refractivity contribution is -0.0856. The Kier molecular flexibility index (Phi) is 5.89. The van der Waals surface area contributed by atoms with Crippen LogP contribution in [0.1, 0.15) is 25.5 Å². The molecule has 2 aliphatic heterocycles. The predicted octanol–water partition coefficient (Wildman–Crippen LogP) is 2.50. The fourth-order valence-electron chi connectivity index (χ4n) is 5.36. The molecule has 0 unspecified atom stereocenters. The summed E-state index contributed by atoms with van der Waals surface area (Å²) in [5.41, 5.74) is 3.52. The van der Waals surface area contributed by atoms with E-state index in [0.717, 1.165) is 85.4 Å². The molecule has 0 saturated carbocycles. The Hall–Kier alpha value is -3.08. The average Bonchev–Trinajstić information content (AvgIpc) is 3.37. The number of hydrogen-bond acceptors (Lipinski definition) is 8. The Balaban J connectivity index is 1.42. The molecule has 5 heterocycles. The van der Waals surface area contributed by atoms with Gasteiger partial charge in [-0.3, -0.25) is 9.47 Å². The summed E-state index contributed by atoms with van der Waals surface area (Å²) < 4.78 is 15.7. The van der Waals surface area contributed by atoms with Crippen LogP contribution in [0.25, 0.3) is 28.1 Å². The smallest absolute Gasteiger partial charge is 0.239 e. The first kappa shape index (κ1) is 23.3. The zero-order chi connectivity index (χ0) is 24.9. The van der Waals surface area contributed by atoms with E-state index in [-0.39, 0.29) is 5.60 Å². The second-order valence-electron chi connectivity index (χ2n) is 10.3. The van der Waals surface area contributed by atoms with Crippen molar-refractivity contribution in [2.24, 2.45) is 7.05 Å². The third kappa shape index (κ3) is 4.23. The molecule has 1 aromatic carbocycles. The highest BCUT2D eigenvalue weighted by atomic mass is 16.5. The van der Waals surface area contributed by atoms with Crippen LogP contribution in [-0.4, -0.2) is 92.1 Å². The van der Waals surface area contributed by atoms with Crippen LogP contribution in [0.15, 0.2) is 24.3 Å². The summed E-state index contributed by atoms with van der Waals surface area (Å²) in [5, 5.41) is 0. The molecule has 10 nitrogen and oxygen atoms in total. The van der Waals surface area contributed by atoms with E-state index in [4.69, 9.17) is 29.4 Å². The van der Waals surface area contributed by atoms with E-state index in [2.05, 4.69) is 41.3 Å². The minimum atomic E-state index is -0.111. The van der Waals surface area contributed by atoms with E-state index in [0.29, 0.717) is 19.2 Å². The van der Waals surface area contributed by atoms with Gasteiger partial charge in [-0.15, -0.1) is 0 Å². The Morgan fingerprint density at radius 3 is 2.58 bits per heavy atom. The second-order valence-corrected chi connectivity index (χ2v) is 10.3. The molecule has 190 valence electrons. The zero-order valence-electron chi connectivity index (χ0n) is 21.6. The number of hydrogen-bond donors (Lipinski definition) is 0. The molecule has 36 heavy (non-hydrogen) atoms. The van der Waals surface area contributed by atoms with Crippen LogP contribution in [0.5, 0.6) is 0 Å². The number of aromatic nitrogens is 6. The number of anilines is 1. The van der Waals surface area contributed by atoms with Crippen LogP contribution < -0.4 is 4.90 Å². The summed E-state index contributed by atoms with van der Waals surface area (Å²) in [6.07, 6.45) is 0.841.